The third kappa shape index (κ3) is 3.95. The van der Waals surface area contributed by atoms with Gasteiger partial charge in [-0.2, -0.15) is 0 Å². The molecule has 4 heteroatoms. The van der Waals surface area contributed by atoms with Crippen molar-refractivity contribution >= 4 is 5.91 Å². The van der Waals surface area contributed by atoms with E-state index in [0.29, 0.717) is 0 Å². The standard InChI is InChI=1S/C14H29N3O/c1-5-10-15-13(18)12(2)16-11-14(17(3)4)8-6-7-9-14/h12,16H,5-11H2,1-4H3,(H,15,18). The molecule has 0 spiro atoms. The third-order valence-corrected chi connectivity index (χ3v) is 4.16. The van der Waals surface area contributed by atoms with Crippen molar-refractivity contribution in [3.05, 3.63) is 0 Å². The van der Waals surface area contributed by atoms with Crippen LogP contribution in [0.2, 0.25) is 0 Å². The van der Waals surface area contributed by atoms with Crippen LogP contribution in [0.25, 0.3) is 0 Å². The largest absolute Gasteiger partial charge is 0.355 e. The molecule has 0 aromatic carbocycles. The normalized spacial score (nSPS) is 20.1. The Balaban J connectivity index is 2.40. The van der Waals surface area contributed by atoms with Crippen LogP contribution in [-0.4, -0.2) is 49.6 Å². The Morgan fingerprint density at radius 3 is 2.44 bits per heavy atom. The first-order valence-electron chi connectivity index (χ1n) is 7.20. The zero-order chi connectivity index (χ0) is 13.6. The summed E-state index contributed by atoms with van der Waals surface area (Å²) in [4.78, 5) is 14.1. The molecule has 0 heterocycles. The van der Waals surface area contributed by atoms with Gasteiger partial charge in [-0.3, -0.25) is 4.79 Å². The molecule has 0 aromatic heterocycles. The minimum atomic E-state index is -0.103. The number of carbonyl (C=O) groups excluding carboxylic acids is 1. The first-order valence-corrected chi connectivity index (χ1v) is 7.20. The Labute approximate surface area is 111 Å². The molecule has 0 radical (unpaired) electrons. The van der Waals surface area contributed by atoms with Gasteiger partial charge in [0.1, 0.15) is 0 Å². The fourth-order valence-electron chi connectivity index (χ4n) is 2.65. The smallest absolute Gasteiger partial charge is 0.236 e. The minimum absolute atomic E-state index is 0.103. The van der Waals surface area contributed by atoms with Crippen LogP contribution in [0.4, 0.5) is 0 Å². The van der Waals surface area contributed by atoms with Gasteiger partial charge in [0.25, 0.3) is 0 Å². The number of carbonyl (C=O) groups is 1. The highest BCUT2D eigenvalue weighted by Gasteiger charge is 2.36. The molecule has 106 valence electrons. The second-order valence-electron chi connectivity index (χ2n) is 5.72. The maximum absolute atomic E-state index is 11.8. The number of rotatable bonds is 7. The quantitative estimate of drug-likeness (QED) is 0.722. The van der Waals surface area contributed by atoms with E-state index in [1.165, 1.54) is 25.7 Å². The molecule has 0 bridgehead atoms. The van der Waals surface area contributed by atoms with Crippen molar-refractivity contribution in [3.8, 4) is 0 Å². The summed E-state index contributed by atoms with van der Waals surface area (Å²) in [5.74, 6) is 0.115. The van der Waals surface area contributed by atoms with Gasteiger partial charge in [0.05, 0.1) is 6.04 Å². The molecule has 1 aliphatic rings. The van der Waals surface area contributed by atoms with Gasteiger partial charge in [-0.05, 0) is 40.3 Å². The molecule has 1 unspecified atom stereocenters. The van der Waals surface area contributed by atoms with Crippen LogP contribution in [0.15, 0.2) is 0 Å². The van der Waals surface area contributed by atoms with Gasteiger partial charge in [0.2, 0.25) is 5.91 Å². The Bertz CT molecular complexity index is 260. The lowest BCUT2D eigenvalue weighted by molar-refractivity contribution is -0.122. The Hall–Kier alpha value is -0.610. The summed E-state index contributed by atoms with van der Waals surface area (Å²) >= 11 is 0. The number of nitrogens with one attached hydrogen (secondary N) is 2. The van der Waals surface area contributed by atoms with E-state index < -0.39 is 0 Å². The van der Waals surface area contributed by atoms with Crippen LogP contribution in [0, 0.1) is 0 Å². The van der Waals surface area contributed by atoms with Crippen molar-refractivity contribution in [2.75, 3.05) is 27.2 Å². The van der Waals surface area contributed by atoms with E-state index in [4.69, 9.17) is 0 Å². The highest BCUT2D eigenvalue weighted by atomic mass is 16.2. The topological polar surface area (TPSA) is 44.4 Å². The fraction of sp³-hybridized carbons (Fsp3) is 0.929. The van der Waals surface area contributed by atoms with Crippen LogP contribution in [0.1, 0.15) is 46.0 Å². The van der Waals surface area contributed by atoms with Gasteiger partial charge in [0.15, 0.2) is 0 Å². The number of hydrogen-bond acceptors (Lipinski definition) is 3. The lowest BCUT2D eigenvalue weighted by Gasteiger charge is -2.37. The van der Waals surface area contributed by atoms with Gasteiger partial charge < -0.3 is 15.5 Å². The predicted octanol–water partition coefficient (Wildman–Crippen LogP) is 1.37. The number of hydrogen-bond donors (Lipinski definition) is 2. The van der Waals surface area contributed by atoms with E-state index in [0.717, 1.165) is 19.5 Å². The predicted molar refractivity (Wildman–Crippen MR) is 75.7 cm³/mol. The summed E-state index contributed by atoms with van der Waals surface area (Å²) < 4.78 is 0. The third-order valence-electron chi connectivity index (χ3n) is 4.16. The van der Waals surface area contributed by atoms with Crippen molar-refractivity contribution in [2.45, 2.75) is 57.5 Å². The van der Waals surface area contributed by atoms with Gasteiger partial charge in [0, 0.05) is 18.6 Å². The average Bonchev–Trinajstić information content (AvgIpc) is 2.83. The fourth-order valence-corrected chi connectivity index (χ4v) is 2.65. The van der Waals surface area contributed by atoms with Crippen molar-refractivity contribution in [2.24, 2.45) is 0 Å². The number of nitrogens with zero attached hydrogens (tertiary/aromatic N) is 1. The van der Waals surface area contributed by atoms with Gasteiger partial charge in [-0.1, -0.05) is 19.8 Å². The van der Waals surface area contributed by atoms with Crippen LogP contribution in [-0.2, 0) is 4.79 Å². The molecular formula is C14H29N3O. The zero-order valence-corrected chi connectivity index (χ0v) is 12.4. The lowest BCUT2D eigenvalue weighted by Crippen LogP contribution is -2.53. The van der Waals surface area contributed by atoms with Crippen molar-refractivity contribution in [1.82, 2.24) is 15.5 Å². The molecule has 18 heavy (non-hydrogen) atoms. The Morgan fingerprint density at radius 2 is 1.94 bits per heavy atom. The first kappa shape index (κ1) is 15.4. The van der Waals surface area contributed by atoms with Crippen molar-refractivity contribution < 1.29 is 4.79 Å². The summed E-state index contributed by atoms with van der Waals surface area (Å²) in [6.45, 7) is 5.69. The molecule has 0 aromatic rings. The second kappa shape index (κ2) is 7.10. The second-order valence-corrected chi connectivity index (χ2v) is 5.72. The summed E-state index contributed by atoms with van der Waals surface area (Å²) in [6.07, 6.45) is 6.05. The number of amides is 1. The van der Waals surface area contributed by atoms with Crippen molar-refractivity contribution in [3.63, 3.8) is 0 Å². The van der Waals surface area contributed by atoms with Crippen LogP contribution in [0.3, 0.4) is 0 Å². The molecule has 4 nitrogen and oxygen atoms in total. The molecule has 1 aliphatic carbocycles. The molecule has 2 N–H and O–H groups in total. The molecule has 1 fully saturated rings. The van der Waals surface area contributed by atoms with Crippen LogP contribution >= 0.6 is 0 Å². The minimum Gasteiger partial charge on any atom is -0.355 e. The molecule has 0 aliphatic heterocycles. The molecule has 1 atom stereocenters. The van der Waals surface area contributed by atoms with Gasteiger partial charge >= 0.3 is 0 Å². The highest BCUT2D eigenvalue weighted by Crippen LogP contribution is 2.33. The molecular weight excluding hydrogens is 226 g/mol. The monoisotopic (exact) mass is 255 g/mol. The summed E-state index contributed by atoms with van der Waals surface area (Å²) in [5, 5.41) is 6.34. The molecule has 1 rings (SSSR count). The van der Waals surface area contributed by atoms with E-state index in [9.17, 15) is 4.79 Å². The lowest BCUT2D eigenvalue weighted by atomic mass is 9.95. The Kier molecular flexibility index (Phi) is 6.09. The molecule has 1 saturated carbocycles. The first-order chi connectivity index (χ1) is 8.52. The van der Waals surface area contributed by atoms with E-state index in [1.807, 2.05) is 6.92 Å². The SMILES string of the molecule is CCCNC(=O)C(C)NCC1(N(C)C)CCCC1. The maximum Gasteiger partial charge on any atom is 0.236 e. The zero-order valence-electron chi connectivity index (χ0n) is 12.4. The van der Waals surface area contributed by atoms with E-state index in [2.05, 4.69) is 36.6 Å². The van der Waals surface area contributed by atoms with Gasteiger partial charge in [-0.25, -0.2) is 0 Å². The van der Waals surface area contributed by atoms with Crippen LogP contribution < -0.4 is 10.6 Å². The summed E-state index contributed by atoms with van der Waals surface area (Å²) in [5.41, 5.74) is 0.249. The molecule has 0 saturated heterocycles. The summed E-state index contributed by atoms with van der Waals surface area (Å²) in [7, 11) is 4.30. The van der Waals surface area contributed by atoms with Gasteiger partial charge in [-0.15, -0.1) is 0 Å². The average molecular weight is 255 g/mol. The van der Waals surface area contributed by atoms with Crippen molar-refractivity contribution in [1.29, 1.82) is 0 Å². The van der Waals surface area contributed by atoms with E-state index in [1.54, 1.807) is 0 Å². The summed E-state index contributed by atoms with van der Waals surface area (Å²) in [6, 6.07) is -0.103. The highest BCUT2D eigenvalue weighted by molar-refractivity contribution is 5.81. The maximum atomic E-state index is 11.8. The van der Waals surface area contributed by atoms with E-state index >= 15 is 0 Å². The number of likely N-dealkylation sites (N-methyl/N-ethyl adjacent to an activating group) is 1. The van der Waals surface area contributed by atoms with E-state index in [-0.39, 0.29) is 17.5 Å². The van der Waals surface area contributed by atoms with Crippen LogP contribution in [0.5, 0.6) is 0 Å². The Morgan fingerprint density at radius 1 is 1.33 bits per heavy atom. The molecule has 1 amide bonds.